The predicted octanol–water partition coefficient (Wildman–Crippen LogP) is 4.50. The Hall–Kier alpha value is -3.87. The SMILES string of the molecule is CNC(=O)[C@@H](NC(=O)c1ccc(-c2cccc(CNC(=O)c3ccc(C(C)C)cc3)c2)o1)C(C)C. The van der Waals surface area contributed by atoms with Crippen LogP contribution < -0.4 is 16.0 Å². The molecular formula is C28H33N3O4. The summed E-state index contributed by atoms with van der Waals surface area (Å²) in [6.07, 6.45) is 0. The zero-order chi connectivity index (χ0) is 25.5. The van der Waals surface area contributed by atoms with Crippen LogP contribution in [0.15, 0.2) is 65.1 Å². The van der Waals surface area contributed by atoms with E-state index in [0.29, 0.717) is 23.8 Å². The monoisotopic (exact) mass is 475 g/mol. The summed E-state index contributed by atoms with van der Waals surface area (Å²) in [6, 6.07) is 17.8. The lowest BCUT2D eigenvalue weighted by Crippen LogP contribution is -2.48. The molecule has 0 aliphatic carbocycles. The molecule has 3 N–H and O–H groups in total. The highest BCUT2D eigenvalue weighted by molar-refractivity contribution is 5.96. The Bertz CT molecular complexity index is 1180. The number of carbonyl (C=O) groups is 3. The molecule has 3 amide bonds. The molecule has 0 aliphatic rings. The molecule has 7 nitrogen and oxygen atoms in total. The van der Waals surface area contributed by atoms with Crippen molar-refractivity contribution in [3.05, 3.63) is 83.1 Å². The fraction of sp³-hybridized carbons (Fsp3) is 0.321. The van der Waals surface area contributed by atoms with Crippen LogP contribution in [0.1, 0.15) is 65.7 Å². The Morgan fingerprint density at radius 2 is 1.60 bits per heavy atom. The summed E-state index contributed by atoms with van der Waals surface area (Å²) < 4.78 is 5.77. The summed E-state index contributed by atoms with van der Waals surface area (Å²) >= 11 is 0. The Balaban J connectivity index is 1.65. The molecule has 1 atom stereocenters. The maximum Gasteiger partial charge on any atom is 0.287 e. The molecule has 35 heavy (non-hydrogen) atoms. The second-order valence-corrected chi connectivity index (χ2v) is 9.13. The number of carbonyl (C=O) groups excluding carboxylic acids is 3. The van der Waals surface area contributed by atoms with Crippen LogP contribution in [0.4, 0.5) is 0 Å². The van der Waals surface area contributed by atoms with Crippen molar-refractivity contribution in [1.29, 1.82) is 0 Å². The molecule has 0 bridgehead atoms. The molecule has 0 unspecified atom stereocenters. The zero-order valence-electron chi connectivity index (χ0n) is 20.8. The largest absolute Gasteiger partial charge is 0.451 e. The summed E-state index contributed by atoms with van der Waals surface area (Å²) in [7, 11) is 1.53. The lowest BCUT2D eigenvalue weighted by atomic mass is 10.0. The van der Waals surface area contributed by atoms with Crippen LogP contribution >= 0.6 is 0 Å². The van der Waals surface area contributed by atoms with E-state index in [4.69, 9.17) is 4.42 Å². The molecule has 0 saturated carbocycles. The number of hydrogen-bond donors (Lipinski definition) is 3. The maximum absolute atomic E-state index is 12.6. The van der Waals surface area contributed by atoms with Crippen molar-refractivity contribution in [3.8, 4) is 11.3 Å². The molecule has 0 aliphatic heterocycles. The molecule has 3 aromatic rings. The lowest BCUT2D eigenvalue weighted by Gasteiger charge is -2.19. The van der Waals surface area contributed by atoms with Gasteiger partial charge < -0.3 is 20.4 Å². The first kappa shape index (κ1) is 25.7. The van der Waals surface area contributed by atoms with Gasteiger partial charge >= 0.3 is 0 Å². The van der Waals surface area contributed by atoms with Crippen LogP contribution in [0, 0.1) is 5.92 Å². The third kappa shape index (κ3) is 6.59. The van der Waals surface area contributed by atoms with Gasteiger partial charge in [-0.15, -0.1) is 0 Å². The van der Waals surface area contributed by atoms with Gasteiger partial charge in [0.15, 0.2) is 5.76 Å². The summed E-state index contributed by atoms with van der Waals surface area (Å²) in [4.78, 5) is 37.2. The summed E-state index contributed by atoms with van der Waals surface area (Å²) in [6.45, 7) is 8.31. The van der Waals surface area contributed by atoms with E-state index in [1.807, 2.05) is 62.4 Å². The highest BCUT2D eigenvalue weighted by Gasteiger charge is 2.25. The van der Waals surface area contributed by atoms with E-state index in [-0.39, 0.29) is 23.5 Å². The van der Waals surface area contributed by atoms with Crippen LogP contribution in [0.5, 0.6) is 0 Å². The number of likely N-dealkylation sites (N-methyl/N-ethyl adjacent to an activating group) is 1. The normalized spacial score (nSPS) is 11.9. The smallest absolute Gasteiger partial charge is 0.287 e. The van der Waals surface area contributed by atoms with Crippen LogP contribution in [-0.2, 0) is 11.3 Å². The van der Waals surface area contributed by atoms with E-state index >= 15 is 0 Å². The predicted molar refractivity (Wildman–Crippen MR) is 136 cm³/mol. The summed E-state index contributed by atoms with van der Waals surface area (Å²) in [5, 5.41) is 8.23. The molecule has 1 aromatic heterocycles. The minimum absolute atomic E-state index is 0.0756. The molecule has 184 valence electrons. The van der Waals surface area contributed by atoms with Crippen molar-refractivity contribution in [2.75, 3.05) is 7.05 Å². The number of amides is 3. The fourth-order valence-electron chi connectivity index (χ4n) is 3.66. The van der Waals surface area contributed by atoms with Crippen LogP contribution in [0.2, 0.25) is 0 Å². The first-order valence-electron chi connectivity index (χ1n) is 11.8. The minimum atomic E-state index is -0.658. The second-order valence-electron chi connectivity index (χ2n) is 9.13. The Morgan fingerprint density at radius 3 is 2.23 bits per heavy atom. The third-order valence-electron chi connectivity index (χ3n) is 5.82. The van der Waals surface area contributed by atoms with E-state index in [9.17, 15) is 14.4 Å². The van der Waals surface area contributed by atoms with Crippen LogP contribution in [-0.4, -0.2) is 30.8 Å². The molecule has 2 aromatic carbocycles. The quantitative estimate of drug-likeness (QED) is 0.424. The van der Waals surface area contributed by atoms with Gasteiger partial charge in [0.05, 0.1) is 0 Å². The number of rotatable bonds is 9. The standard InChI is InChI=1S/C28H33N3O4/c1-17(2)20-9-11-21(12-10-20)26(32)30-16-19-7-6-8-22(15-19)23-13-14-24(35-23)27(33)31-25(18(3)4)28(34)29-5/h6-15,17-18,25H,16H2,1-5H3,(H,29,34)(H,30,32)(H,31,33)/t25-/m0/s1. The molecule has 3 rings (SSSR count). The summed E-state index contributed by atoms with van der Waals surface area (Å²) in [5.41, 5.74) is 3.48. The van der Waals surface area contributed by atoms with Gasteiger partial charge in [0.1, 0.15) is 11.8 Å². The minimum Gasteiger partial charge on any atom is -0.451 e. The van der Waals surface area contributed by atoms with Gasteiger partial charge in [0.2, 0.25) is 5.91 Å². The highest BCUT2D eigenvalue weighted by atomic mass is 16.4. The van der Waals surface area contributed by atoms with Gasteiger partial charge in [-0.2, -0.15) is 0 Å². The molecule has 0 spiro atoms. The molecule has 0 fully saturated rings. The number of hydrogen-bond acceptors (Lipinski definition) is 4. The highest BCUT2D eigenvalue weighted by Crippen LogP contribution is 2.23. The molecular weight excluding hydrogens is 442 g/mol. The van der Waals surface area contributed by atoms with Crippen molar-refractivity contribution >= 4 is 17.7 Å². The Kier molecular flexibility index (Phi) is 8.47. The summed E-state index contributed by atoms with van der Waals surface area (Å²) in [5.74, 6) is 0.130. The fourth-order valence-corrected chi connectivity index (χ4v) is 3.66. The first-order chi connectivity index (χ1) is 16.7. The average molecular weight is 476 g/mol. The number of benzene rings is 2. The van der Waals surface area contributed by atoms with Crippen LogP contribution in [0.3, 0.4) is 0 Å². The van der Waals surface area contributed by atoms with E-state index in [1.165, 1.54) is 12.6 Å². The van der Waals surface area contributed by atoms with Crippen molar-refractivity contribution in [2.45, 2.75) is 46.2 Å². The van der Waals surface area contributed by atoms with Gasteiger partial charge in [0.25, 0.3) is 11.8 Å². The maximum atomic E-state index is 12.6. The van der Waals surface area contributed by atoms with Crippen molar-refractivity contribution in [3.63, 3.8) is 0 Å². The number of nitrogens with one attached hydrogen (secondary N) is 3. The molecule has 0 radical (unpaired) electrons. The van der Waals surface area contributed by atoms with Gasteiger partial charge in [0, 0.05) is 24.7 Å². The van der Waals surface area contributed by atoms with Crippen molar-refractivity contribution < 1.29 is 18.8 Å². The van der Waals surface area contributed by atoms with E-state index in [0.717, 1.165) is 11.1 Å². The van der Waals surface area contributed by atoms with Crippen LogP contribution in [0.25, 0.3) is 11.3 Å². The topological polar surface area (TPSA) is 100 Å². The van der Waals surface area contributed by atoms with Gasteiger partial charge in [-0.05, 0) is 53.3 Å². The molecule has 0 saturated heterocycles. The van der Waals surface area contributed by atoms with Crippen molar-refractivity contribution in [2.24, 2.45) is 5.92 Å². The second kappa shape index (κ2) is 11.5. The van der Waals surface area contributed by atoms with E-state index in [1.54, 1.807) is 12.1 Å². The average Bonchev–Trinajstić information content (AvgIpc) is 3.36. The first-order valence-corrected chi connectivity index (χ1v) is 11.8. The zero-order valence-corrected chi connectivity index (χ0v) is 20.8. The van der Waals surface area contributed by atoms with Gasteiger partial charge in [-0.1, -0.05) is 58.0 Å². The van der Waals surface area contributed by atoms with E-state index < -0.39 is 11.9 Å². The Labute approximate surface area is 206 Å². The Morgan fingerprint density at radius 1 is 0.886 bits per heavy atom. The van der Waals surface area contributed by atoms with E-state index in [2.05, 4.69) is 29.8 Å². The third-order valence-corrected chi connectivity index (χ3v) is 5.82. The number of furan rings is 1. The lowest BCUT2D eigenvalue weighted by molar-refractivity contribution is -0.123. The van der Waals surface area contributed by atoms with Gasteiger partial charge in [-0.3, -0.25) is 14.4 Å². The molecule has 7 heteroatoms. The van der Waals surface area contributed by atoms with Crippen molar-refractivity contribution in [1.82, 2.24) is 16.0 Å². The molecule has 1 heterocycles. The van der Waals surface area contributed by atoms with Gasteiger partial charge in [-0.25, -0.2) is 0 Å².